The summed E-state index contributed by atoms with van der Waals surface area (Å²) >= 11 is 0. The molecule has 1 heterocycles. The van der Waals surface area contributed by atoms with Crippen LogP contribution in [-0.4, -0.2) is 24.1 Å². The van der Waals surface area contributed by atoms with Gasteiger partial charge in [-0.3, -0.25) is 10.2 Å². The second-order valence-electron chi connectivity index (χ2n) is 7.12. The lowest BCUT2D eigenvalue weighted by molar-refractivity contribution is 0.155. The summed E-state index contributed by atoms with van der Waals surface area (Å²) in [6.07, 6.45) is 3.52. The molecule has 4 heteroatoms. The summed E-state index contributed by atoms with van der Waals surface area (Å²) in [5.41, 5.74) is 5.20. The van der Waals surface area contributed by atoms with Crippen molar-refractivity contribution in [2.75, 3.05) is 18.4 Å². The standard InChI is InChI=1S/C22H28N2O2/c1-17-8-6-9-18(2)21(17)23-22(25)26-16-20-11-7-10-19(14-20)15-24-12-4-3-5-13-24/h6-11,14H,3-5,12-13,15-16H2,1-2H3,(H,23,25). The molecule has 0 saturated carbocycles. The van der Waals surface area contributed by atoms with Crippen molar-refractivity contribution >= 4 is 11.8 Å². The van der Waals surface area contributed by atoms with Crippen molar-refractivity contribution in [2.24, 2.45) is 0 Å². The first-order valence-corrected chi connectivity index (χ1v) is 9.42. The number of piperidine rings is 1. The van der Waals surface area contributed by atoms with E-state index < -0.39 is 6.09 Å². The molecule has 2 aromatic carbocycles. The maximum atomic E-state index is 12.2. The topological polar surface area (TPSA) is 41.6 Å². The van der Waals surface area contributed by atoms with Crippen LogP contribution in [0.15, 0.2) is 42.5 Å². The zero-order valence-electron chi connectivity index (χ0n) is 15.8. The van der Waals surface area contributed by atoms with E-state index in [2.05, 4.69) is 22.3 Å². The summed E-state index contributed by atoms with van der Waals surface area (Å²) in [6.45, 7) is 7.57. The average molecular weight is 352 g/mol. The number of likely N-dealkylation sites (tertiary alicyclic amines) is 1. The molecule has 0 atom stereocenters. The Balaban J connectivity index is 1.54. The number of ether oxygens (including phenoxy) is 1. The highest BCUT2D eigenvalue weighted by Gasteiger charge is 2.11. The molecule has 0 spiro atoms. The van der Waals surface area contributed by atoms with Crippen LogP contribution in [0, 0.1) is 13.8 Å². The van der Waals surface area contributed by atoms with Gasteiger partial charge in [-0.15, -0.1) is 0 Å². The molecule has 3 rings (SSSR count). The maximum Gasteiger partial charge on any atom is 0.411 e. The molecular formula is C22H28N2O2. The Labute approximate surface area is 156 Å². The average Bonchev–Trinajstić information content (AvgIpc) is 2.64. The summed E-state index contributed by atoms with van der Waals surface area (Å²) < 4.78 is 5.42. The summed E-state index contributed by atoms with van der Waals surface area (Å²) in [4.78, 5) is 14.6. The Kier molecular flexibility index (Phi) is 6.29. The van der Waals surface area contributed by atoms with Gasteiger partial charge in [0, 0.05) is 12.2 Å². The Morgan fingerprint density at radius 2 is 1.65 bits per heavy atom. The van der Waals surface area contributed by atoms with Crippen LogP contribution in [0.25, 0.3) is 0 Å². The zero-order chi connectivity index (χ0) is 18.4. The molecule has 1 aliphatic rings. The van der Waals surface area contributed by atoms with Gasteiger partial charge in [-0.05, 0) is 62.0 Å². The summed E-state index contributed by atoms with van der Waals surface area (Å²) in [7, 11) is 0. The third-order valence-corrected chi connectivity index (χ3v) is 4.92. The predicted molar refractivity (Wildman–Crippen MR) is 105 cm³/mol. The Bertz CT molecular complexity index is 731. The van der Waals surface area contributed by atoms with E-state index in [0.717, 1.165) is 28.9 Å². The minimum absolute atomic E-state index is 0.282. The van der Waals surface area contributed by atoms with Crippen LogP contribution in [0.5, 0.6) is 0 Å². The van der Waals surface area contributed by atoms with Crippen molar-refractivity contribution in [2.45, 2.75) is 46.3 Å². The van der Waals surface area contributed by atoms with Gasteiger partial charge in [0.25, 0.3) is 0 Å². The van der Waals surface area contributed by atoms with E-state index in [0.29, 0.717) is 0 Å². The van der Waals surface area contributed by atoms with Crippen LogP contribution in [0.3, 0.4) is 0 Å². The van der Waals surface area contributed by atoms with Crippen molar-refractivity contribution < 1.29 is 9.53 Å². The van der Waals surface area contributed by atoms with Gasteiger partial charge in [0.2, 0.25) is 0 Å². The second-order valence-corrected chi connectivity index (χ2v) is 7.12. The quantitative estimate of drug-likeness (QED) is 0.820. The number of nitrogens with zero attached hydrogens (tertiary/aromatic N) is 1. The summed E-state index contributed by atoms with van der Waals surface area (Å²) in [5.74, 6) is 0. The zero-order valence-corrected chi connectivity index (χ0v) is 15.8. The largest absolute Gasteiger partial charge is 0.444 e. The number of para-hydroxylation sites is 1. The van der Waals surface area contributed by atoms with Crippen molar-refractivity contribution in [3.63, 3.8) is 0 Å². The normalized spacial score (nSPS) is 14.8. The minimum atomic E-state index is -0.413. The molecule has 0 aromatic heterocycles. The van der Waals surface area contributed by atoms with E-state index >= 15 is 0 Å². The summed E-state index contributed by atoms with van der Waals surface area (Å²) in [6, 6.07) is 14.3. The van der Waals surface area contributed by atoms with Crippen molar-refractivity contribution in [1.29, 1.82) is 0 Å². The fourth-order valence-corrected chi connectivity index (χ4v) is 3.49. The second kappa shape index (κ2) is 8.86. The highest BCUT2D eigenvalue weighted by Crippen LogP contribution is 2.20. The number of carbonyl (C=O) groups excluding carboxylic acids is 1. The molecule has 4 nitrogen and oxygen atoms in total. The first kappa shape index (κ1) is 18.5. The van der Waals surface area contributed by atoms with Gasteiger partial charge in [0.1, 0.15) is 6.61 Å². The Morgan fingerprint density at radius 1 is 1.00 bits per heavy atom. The molecule has 1 amide bonds. The van der Waals surface area contributed by atoms with Gasteiger partial charge in [-0.2, -0.15) is 0 Å². The maximum absolute atomic E-state index is 12.2. The fraction of sp³-hybridized carbons (Fsp3) is 0.409. The Morgan fingerprint density at radius 3 is 2.38 bits per heavy atom. The number of nitrogens with one attached hydrogen (secondary N) is 1. The third kappa shape index (κ3) is 5.09. The fourth-order valence-electron chi connectivity index (χ4n) is 3.49. The summed E-state index contributed by atoms with van der Waals surface area (Å²) in [5, 5.41) is 2.86. The van der Waals surface area contributed by atoms with Gasteiger partial charge in [-0.1, -0.05) is 48.9 Å². The van der Waals surface area contributed by atoms with Crippen LogP contribution in [0.1, 0.15) is 41.5 Å². The monoisotopic (exact) mass is 352 g/mol. The third-order valence-electron chi connectivity index (χ3n) is 4.92. The molecular weight excluding hydrogens is 324 g/mol. The van der Waals surface area contributed by atoms with Crippen molar-refractivity contribution in [3.8, 4) is 0 Å². The van der Waals surface area contributed by atoms with E-state index in [9.17, 15) is 4.79 Å². The van der Waals surface area contributed by atoms with Crippen molar-refractivity contribution in [3.05, 3.63) is 64.7 Å². The van der Waals surface area contributed by atoms with Gasteiger partial charge >= 0.3 is 6.09 Å². The van der Waals surface area contributed by atoms with Crippen LogP contribution < -0.4 is 5.32 Å². The molecule has 1 saturated heterocycles. The van der Waals surface area contributed by atoms with Crippen LogP contribution in [-0.2, 0) is 17.9 Å². The van der Waals surface area contributed by atoms with Crippen LogP contribution in [0.2, 0.25) is 0 Å². The molecule has 2 aromatic rings. The van der Waals surface area contributed by atoms with E-state index in [4.69, 9.17) is 4.74 Å². The number of rotatable bonds is 5. The van der Waals surface area contributed by atoms with Gasteiger partial charge in [-0.25, -0.2) is 4.79 Å². The van der Waals surface area contributed by atoms with E-state index in [1.54, 1.807) is 0 Å². The smallest absolute Gasteiger partial charge is 0.411 e. The number of benzene rings is 2. The van der Waals surface area contributed by atoms with Gasteiger partial charge < -0.3 is 4.74 Å². The number of carbonyl (C=O) groups is 1. The van der Waals surface area contributed by atoms with Crippen LogP contribution >= 0.6 is 0 Å². The molecule has 1 aliphatic heterocycles. The predicted octanol–water partition coefficient (Wildman–Crippen LogP) is 5.04. The van der Waals surface area contributed by atoms with Gasteiger partial charge in [0.05, 0.1) is 0 Å². The SMILES string of the molecule is Cc1cccc(C)c1NC(=O)OCc1cccc(CN2CCCCC2)c1. The molecule has 138 valence electrons. The lowest BCUT2D eigenvalue weighted by Crippen LogP contribution is -2.29. The molecule has 1 fully saturated rings. The van der Waals surface area contributed by atoms with Gasteiger partial charge in [0.15, 0.2) is 0 Å². The highest BCUT2D eigenvalue weighted by molar-refractivity contribution is 5.86. The molecule has 0 radical (unpaired) electrons. The number of anilines is 1. The molecule has 26 heavy (non-hydrogen) atoms. The van der Waals surface area contributed by atoms with Crippen molar-refractivity contribution in [1.82, 2.24) is 4.90 Å². The molecule has 0 bridgehead atoms. The number of hydrogen-bond acceptors (Lipinski definition) is 3. The number of amides is 1. The van der Waals surface area contributed by atoms with E-state index in [1.807, 2.05) is 44.2 Å². The first-order chi connectivity index (χ1) is 12.6. The van der Waals surface area contributed by atoms with E-state index in [1.165, 1.54) is 37.9 Å². The Hall–Kier alpha value is -2.33. The van der Waals surface area contributed by atoms with Crippen LogP contribution in [0.4, 0.5) is 10.5 Å². The molecule has 1 N–H and O–H groups in total. The lowest BCUT2D eigenvalue weighted by Gasteiger charge is -2.26. The first-order valence-electron chi connectivity index (χ1n) is 9.42. The number of hydrogen-bond donors (Lipinski definition) is 1. The highest BCUT2D eigenvalue weighted by atomic mass is 16.5. The molecule has 0 aliphatic carbocycles. The molecule has 0 unspecified atom stereocenters. The lowest BCUT2D eigenvalue weighted by atomic mass is 10.1. The van der Waals surface area contributed by atoms with E-state index in [-0.39, 0.29) is 6.61 Å². The number of aryl methyl sites for hydroxylation is 2. The minimum Gasteiger partial charge on any atom is -0.444 e.